The monoisotopic (exact) mass is 226 g/mol. The van der Waals surface area contributed by atoms with Crippen molar-refractivity contribution < 1.29 is 0 Å². The Morgan fingerprint density at radius 1 is 0.812 bits per heavy atom. The summed E-state index contributed by atoms with van der Waals surface area (Å²) in [5, 5.41) is 0. The maximum atomic E-state index is 2.46. The van der Waals surface area contributed by atoms with Crippen molar-refractivity contribution in [3.8, 4) is 0 Å². The van der Waals surface area contributed by atoms with E-state index in [9.17, 15) is 0 Å². The Bertz CT molecular complexity index is 169. The van der Waals surface area contributed by atoms with Crippen molar-refractivity contribution in [2.24, 2.45) is 23.2 Å². The van der Waals surface area contributed by atoms with Crippen LogP contribution >= 0.6 is 0 Å². The van der Waals surface area contributed by atoms with Gasteiger partial charge in [0.25, 0.3) is 0 Å². The summed E-state index contributed by atoms with van der Waals surface area (Å²) in [6, 6.07) is 0. The van der Waals surface area contributed by atoms with Gasteiger partial charge in [0, 0.05) is 0 Å². The average Bonchev–Trinajstić information content (AvgIpc) is 2.17. The minimum absolute atomic E-state index is 0.511. The van der Waals surface area contributed by atoms with E-state index in [1.54, 1.807) is 0 Å². The molecule has 98 valence electrons. The first-order valence-electron chi connectivity index (χ1n) is 7.35. The predicted octanol–water partition coefficient (Wildman–Crippen LogP) is 5.91. The molecule has 0 heterocycles. The van der Waals surface area contributed by atoms with Crippen LogP contribution in [0.3, 0.4) is 0 Å². The lowest BCUT2D eigenvalue weighted by Crippen LogP contribution is -2.26. The van der Waals surface area contributed by atoms with E-state index in [1.807, 2.05) is 0 Å². The zero-order valence-corrected chi connectivity index (χ0v) is 12.8. The van der Waals surface area contributed by atoms with Crippen LogP contribution in [0.2, 0.25) is 0 Å². The van der Waals surface area contributed by atoms with E-state index in [-0.39, 0.29) is 0 Å². The lowest BCUT2D eigenvalue weighted by Gasteiger charge is -2.36. The zero-order valence-electron chi connectivity index (χ0n) is 12.8. The Morgan fingerprint density at radius 3 is 1.75 bits per heavy atom. The second kappa shape index (κ2) is 7.35. The van der Waals surface area contributed by atoms with Crippen molar-refractivity contribution in [2.45, 2.75) is 80.6 Å². The van der Waals surface area contributed by atoms with Crippen LogP contribution in [-0.2, 0) is 0 Å². The molecule has 0 heteroatoms. The van der Waals surface area contributed by atoms with Crippen molar-refractivity contribution in [3.63, 3.8) is 0 Å². The van der Waals surface area contributed by atoms with E-state index in [0.717, 1.165) is 17.8 Å². The van der Waals surface area contributed by atoms with Gasteiger partial charge in [-0.15, -0.1) is 0 Å². The van der Waals surface area contributed by atoms with E-state index in [4.69, 9.17) is 0 Å². The molecular weight excluding hydrogens is 192 g/mol. The Kier molecular flexibility index (Phi) is 7.35. The molecule has 3 atom stereocenters. The molecule has 0 bridgehead atoms. The summed E-state index contributed by atoms with van der Waals surface area (Å²) < 4.78 is 0. The SMILES string of the molecule is CCCC(C)C(C)CC(C)(C)C(C)CCC. The lowest BCUT2D eigenvalue weighted by atomic mass is 9.70. The van der Waals surface area contributed by atoms with Gasteiger partial charge >= 0.3 is 0 Å². The molecule has 0 fully saturated rings. The minimum atomic E-state index is 0.511. The normalized spacial score (nSPS) is 18.2. The molecule has 0 saturated heterocycles. The molecule has 0 nitrogen and oxygen atoms in total. The molecule has 0 saturated carbocycles. The summed E-state index contributed by atoms with van der Waals surface area (Å²) in [7, 11) is 0. The van der Waals surface area contributed by atoms with Crippen LogP contribution in [0.25, 0.3) is 0 Å². The molecule has 0 N–H and O–H groups in total. The molecule has 0 spiro atoms. The van der Waals surface area contributed by atoms with Crippen LogP contribution in [0.4, 0.5) is 0 Å². The fourth-order valence-corrected chi connectivity index (χ4v) is 2.80. The molecule has 0 rings (SSSR count). The molecule has 16 heavy (non-hydrogen) atoms. The Labute approximate surface area is 104 Å². The first-order chi connectivity index (χ1) is 7.35. The summed E-state index contributed by atoms with van der Waals surface area (Å²) >= 11 is 0. The highest BCUT2D eigenvalue weighted by molar-refractivity contribution is 4.79. The molecule has 0 aliphatic rings. The third kappa shape index (κ3) is 5.37. The second-order valence-electron chi connectivity index (χ2n) is 6.63. The Hall–Kier alpha value is 0. The number of hydrogen-bond acceptors (Lipinski definition) is 0. The Morgan fingerprint density at radius 2 is 1.31 bits per heavy atom. The van der Waals surface area contributed by atoms with Gasteiger partial charge in [-0.1, -0.05) is 74.1 Å². The van der Waals surface area contributed by atoms with Gasteiger partial charge in [-0.3, -0.25) is 0 Å². The van der Waals surface area contributed by atoms with Gasteiger partial charge in [0.05, 0.1) is 0 Å². The van der Waals surface area contributed by atoms with Gasteiger partial charge in [0.15, 0.2) is 0 Å². The maximum Gasteiger partial charge on any atom is -0.0326 e. The van der Waals surface area contributed by atoms with Crippen molar-refractivity contribution in [1.82, 2.24) is 0 Å². The van der Waals surface area contributed by atoms with Crippen LogP contribution in [0.1, 0.15) is 80.6 Å². The maximum absolute atomic E-state index is 2.46. The molecule has 0 aromatic heterocycles. The van der Waals surface area contributed by atoms with E-state index in [1.165, 1.54) is 32.1 Å². The average molecular weight is 226 g/mol. The van der Waals surface area contributed by atoms with Gasteiger partial charge < -0.3 is 0 Å². The Balaban J connectivity index is 4.22. The summed E-state index contributed by atoms with van der Waals surface area (Å²) in [6.45, 7) is 16.8. The molecule has 0 aromatic rings. The minimum Gasteiger partial charge on any atom is -0.0654 e. The molecule has 3 unspecified atom stereocenters. The summed E-state index contributed by atoms with van der Waals surface area (Å²) in [5.41, 5.74) is 0.511. The molecule has 0 radical (unpaired) electrons. The quantitative estimate of drug-likeness (QED) is 0.482. The van der Waals surface area contributed by atoms with Gasteiger partial charge in [0.1, 0.15) is 0 Å². The van der Waals surface area contributed by atoms with E-state index in [0.29, 0.717) is 5.41 Å². The first-order valence-corrected chi connectivity index (χ1v) is 7.35. The van der Waals surface area contributed by atoms with Crippen molar-refractivity contribution in [1.29, 1.82) is 0 Å². The summed E-state index contributed by atoms with van der Waals surface area (Å²) in [5.74, 6) is 2.61. The highest BCUT2D eigenvalue weighted by Crippen LogP contribution is 2.38. The first kappa shape index (κ1) is 16.0. The van der Waals surface area contributed by atoms with Crippen LogP contribution in [0, 0.1) is 23.2 Å². The lowest BCUT2D eigenvalue weighted by molar-refractivity contribution is 0.145. The van der Waals surface area contributed by atoms with E-state index < -0.39 is 0 Å². The standard InChI is InChI=1S/C16H34/c1-8-10-13(3)14(4)12-16(6,7)15(5)11-9-2/h13-15H,8-12H2,1-7H3. The van der Waals surface area contributed by atoms with Crippen LogP contribution in [-0.4, -0.2) is 0 Å². The largest absolute Gasteiger partial charge is 0.0654 e. The van der Waals surface area contributed by atoms with E-state index >= 15 is 0 Å². The smallest absolute Gasteiger partial charge is 0.0326 e. The molecule has 0 aromatic carbocycles. The van der Waals surface area contributed by atoms with Crippen LogP contribution < -0.4 is 0 Å². The molecule has 0 aliphatic carbocycles. The summed E-state index contributed by atoms with van der Waals surface area (Å²) in [4.78, 5) is 0. The van der Waals surface area contributed by atoms with Crippen molar-refractivity contribution >= 4 is 0 Å². The molecule has 0 aliphatic heterocycles. The number of hydrogen-bond donors (Lipinski definition) is 0. The predicted molar refractivity (Wildman–Crippen MR) is 75.7 cm³/mol. The third-order valence-electron chi connectivity index (χ3n) is 4.62. The molecule has 0 amide bonds. The van der Waals surface area contributed by atoms with Gasteiger partial charge in [-0.25, -0.2) is 0 Å². The molecular formula is C16H34. The van der Waals surface area contributed by atoms with Gasteiger partial charge in [-0.05, 0) is 29.6 Å². The highest BCUT2D eigenvalue weighted by atomic mass is 14.3. The summed E-state index contributed by atoms with van der Waals surface area (Å²) in [6.07, 6.45) is 6.80. The van der Waals surface area contributed by atoms with Crippen molar-refractivity contribution in [2.75, 3.05) is 0 Å². The van der Waals surface area contributed by atoms with E-state index in [2.05, 4.69) is 48.5 Å². The topological polar surface area (TPSA) is 0 Å². The zero-order chi connectivity index (χ0) is 12.8. The fourth-order valence-electron chi connectivity index (χ4n) is 2.80. The second-order valence-corrected chi connectivity index (χ2v) is 6.63. The van der Waals surface area contributed by atoms with Crippen LogP contribution in [0.15, 0.2) is 0 Å². The van der Waals surface area contributed by atoms with Crippen molar-refractivity contribution in [3.05, 3.63) is 0 Å². The van der Waals surface area contributed by atoms with Crippen LogP contribution in [0.5, 0.6) is 0 Å². The van der Waals surface area contributed by atoms with Gasteiger partial charge in [0.2, 0.25) is 0 Å². The van der Waals surface area contributed by atoms with Gasteiger partial charge in [-0.2, -0.15) is 0 Å². The third-order valence-corrected chi connectivity index (χ3v) is 4.62. The number of rotatable bonds is 8. The fraction of sp³-hybridized carbons (Fsp3) is 1.00. The highest BCUT2D eigenvalue weighted by Gasteiger charge is 2.28.